The van der Waals surface area contributed by atoms with Crippen molar-refractivity contribution < 1.29 is 14.3 Å². The summed E-state index contributed by atoms with van der Waals surface area (Å²) in [6.45, 7) is 5.08. The number of hydrogen-bond donors (Lipinski definition) is 1. The summed E-state index contributed by atoms with van der Waals surface area (Å²) in [5, 5.41) is 2.80. The van der Waals surface area contributed by atoms with E-state index in [0.29, 0.717) is 17.5 Å². The van der Waals surface area contributed by atoms with E-state index < -0.39 is 0 Å². The van der Waals surface area contributed by atoms with Crippen LogP contribution in [0.4, 0.5) is 0 Å². The molecular weight excluding hydrogens is 378 g/mol. The first kappa shape index (κ1) is 20.1. The zero-order chi connectivity index (χ0) is 21.1. The molecule has 4 rings (SSSR count). The summed E-state index contributed by atoms with van der Waals surface area (Å²) in [7, 11) is 0. The first-order valence-corrected chi connectivity index (χ1v) is 10.5. The number of amides is 2. The van der Waals surface area contributed by atoms with Crippen LogP contribution >= 0.6 is 0 Å². The number of aromatic nitrogens is 1. The van der Waals surface area contributed by atoms with Gasteiger partial charge in [0.15, 0.2) is 0 Å². The second-order valence-corrected chi connectivity index (χ2v) is 8.14. The number of benzene rings is 1. The molecule has 1 N–H and O–H groups in total. The molecule has 30 heavy (non-hydrogen) atoms. The summed E-state index contributed by atoms with van der Waals surface area (Å²) in [5.74, 6) is 1.97. The number of carbonyl (C=O) groups excluding carboxylic acids is 2. The molecule has 6 nitrogen and oxygen atoms in total. The molecule has 1 aliphatic heterocycles. The van der Waals surface area contributed by atoms with Crippen LogP contribution in [0, 0.1) is 5.92 Å². The Bertz CT molecular complexity index is 964. The maximum atomic E-state index is 12.7. The lowest BCUT2D eigenvalue weighted by Gasteiger charge is -2.28. The van der Waals surface area contributed by atoms with E-state index in [4.69, 9.17) is 4.74 Å². The second kappa shape index (κ2) is 8.69. The van der Waals surface area contributed by atoms with E-state index in [1.165, 1.54) is 19.8 Å². The first-order valence-electron chi connectivity index (χ1n) is 10.5. The summed E-state index contributed by atoms with van der Waals surface area (Å²) in [4.78, 5) is 30.1. The number of fused-ring (bicyclic) bond motifs is 1. The number of rotatable bonds is 7. The highest BCUT2D eigenvalue weighted by atomic mass is 16.5. The molecule has 1 aromatic carbocycles. The summed E-state index contributed by atoms with van der Waals surface area (Å²) < 4.78 is 5.90. The van der Waals surface area contributed by atoms with Crippen molar-refractivity contribution in [2.75, 3.05) is 13.1 Å². The van der Waals surface area contributed by atoms with E-state index in [1.54, 1.807) is 6.20 Å². The van der Waals surface area contributed by atoms with Gasteiger partial charge < -0.3 is 15.0 Å². The molecule has 1 aromatic heterocycles. The van der Waals surface area contributed by atoms with Crippen LogP contribution < -0.4 is 10.1 Å². The summed E-state index contributed by atoms with van der Waals surface area (Å²) in [6, 6.07) is 9.33. The molecule has 6 heteroatoms. The number of pyridine rings is 1. The van der Waals surface area contributed by atoms with Gasteiger partial charge in [-0.25, -0.2) is 4.98 Å². The lowest BCUT2D eigenvalue weighted by atomic mass is 9.98. The maximum absolute atomic E-state index is 12.7. The quantitative estimate of drug-likeness (QED) is 0.760. The Morgan fingerprint density at radius 3 is 2.87 bits per heavy atom. The number of nitrogens with one attached hydrogen (secondary N) is 1. The minimum absolute atomic E-state index is 0.0446. The molecule has 2 aliphatic rings. The van der Waals surface area contributed by atoms with Crippen molar-refractivity contribution in [3.05, 3.63) is 59.3 Å². The van der Waals surface area contributed by atoms with Crippen LogP contribution in [0.3, 0.4) is 0 Å². The first-order chi connectivity index (χ1) is 14.5. The number of nitrogens with zero attached hydrogens (tertiary/aromatic N) is 2. The molecular formula is C24H27N3O3. The van der Waals surface area contributed by atoms with Gasteiger partial charge in [-0.15, -0.1) is 0 Å². The molecule has 0 bridgehead atoms. The van der Waals surface area contributed by atoms with Crippen LogP contribution in [-0.4, -0.2) is 40.8 Å². The van der Waals surface area contributed by atoms with Crippen LogP contribution in [0.5, 0.6) is 11.6 Å². The Kier molecular flexibility index (Phi) is 5.84. The predicted octanol–water partition coefficient (Wildman–Crippen LogP) is 3.82. The Balaban J connectivity index is 1.38. The number of carbonyl (C=O) groups is 2. The third-order valence-corrected chi connectivity index (χ3v) is 5.41. The predicted molar refractivity (Wildman–Crippen MR) is 115 cm³/mol. The van der Waals surface area contributed by atoms with Crippen molar-refractivity contribution in [1.29, 1.82) is 0 Å². The summed E-state index contributed by atoms with van der Waals surface area (Å²) in [6.07, 6.45) is 8.90. The van der Waals surface area contributed by atoms with Gasteiger partial charge >= 0.3 is 0 Å². The molecule has 2 heterocycles. The van der Waals surface area contributed by atoms with E-state index in [-0.39, 0.29) is 17.9 Å². The van der Waals surface area contributed by atoms with Crippen LogP contribution in [0.15, 0.2) is 42.6 Å². The summed E-state index contributed by atoms with van der Waals surface area (Å²) >= 11 is 0. The molecule has 0 unspecified atom stereocenters. The van der Waals surface area contributed by atoms with Crippen LogP contribution in [0.2, 0.25) is 0 Å². The van der Waals surface area contributed by atoms with Crippen LogP contribution in [0.1, 0.15) is 48.2 Å². The normalized spacial score (nSPS) is 17.0. The molecule has 1 atom stereocenters. The maximum Gasteiger partial charge on any atom is 0.254 e. The van der Waals surface area contributed by atoms with Gasteiger partial charge in [0, 0.05) is 43.9 Å². The monoisotopic (exact) mass is 405 g/mol. The van der Waals surface area contributed by atoms with E-state index in [2.05, 4.69) is 10.3 Å². The van der Waals surface area contributed by atoms with Gasteiger partial charge in [0.1, 0.15) is 5.75 Å². The average Bonchev–Trinajstić information content (AvgIpc) is 3.53. The van der Waals surface area contributed by atoms with Crippen molar-refractivity contribution in [3.63, 3.8) is 0 Å². The number of ether oxygens (including phenoxy) is 1. The van der Waals surface area contributed by atoms with Crippen molar-refractivity contribution in [1.82, 2.24) is 15.2 Å². The highest BCUT2D eigenvalue weighted by Gasteiger charge is 2.30. The molecule has 0 radical (unpaired) electrons. The van der Waals surface area contributed by atoms with E-state index >= 15 is 0 Å². The molecule has 1 saturated carbocycles. The fraction of sp³-hybridized carbons (Fsp3) is 0.375. The molecule has 1 fully saturated rings. The lowest BCUT2D eigenvalue weighted by Crippen LogP contribution is -2.38. The molecule has 0 saturated heterocycles. The van der Waals surface area contributed by atoms with Gasteiger partial charge in [-0.3, -0.25) is 9.59 Å². The zero-order valence-electron chi connectivity index (χ0n) is 17.4. The molecule has 2 aromatic rings. The van der Waals surface area contributed by atoms with Gasteiger partial charge in [-0.1, -0.05) is 12.2 Å². The Morgan fingerprint density at radius 1 is 1.33 bits per heavy atom. The zero-order valence-corrected chi connectivity index (χ0v) is 17.4. The molecule has 0 spiro atoms. The van der Waals surface area contributed by atoms with E-state index in [9.17, 15) is 9.59 Å². The van der Waals surface area contributed by atoms with E-state index in [1.807, 2.05) is 54.3 Å². The lowest BCUT2D eigenvalue weighted by molar-refractivity contribution is -0.119. The van der Waals surface area contributed by atoms with Crippen LogP contribution in [-0.2, 0) is 11.2 Å². The van der Waals surface area contributed by atoms with Gasteiger partial charge in [0.25, 0.3) is 5.91 Å². The summed E-state index contributed by atoms with van der Waals surface area (Å²) in [5.41, 5.74) is 2.75. The average molecular weight is 405 g/mol. The Morgan fingerprint density at radius 2 is 2.17 bits per heavy atom. The second-order valence-electron chi connectivity index (χ2n) is 8.14. The fourth-order valence-corrected chi connectivity index (χ4v) is 3.66. The fourth-order valence-electron chi connectivity index (χ4n) is 3.66. The molecule has 1 aliphatic carbocycles. The third-order valence-electron chi connectivity index (χ3n) is 5.41. The highest BCUT2D eigenvalue weighted by Crippen LogP contribution is 2.32. The van der Waals surface area contributed by atoms with E-state index in [0.717, 1.165) is 36.2 Å². The van der Waals surface area contributed by atoms with Gasteiger partial charge in [-0.2, -0.15) is 0 Å². The van der Waals surface area contributed by atoms with Crippen molar-refractivity contribution in [3.8, 4) is 11.6 Å². The SMILES string of the molecule is CC(=O)N[C@@H](C)/C=C/c1ccc(Oc2ccc3c(c2)CCN(CC2CC2)C3=O)nc1. The Hall–Kier alpha value is -3.15. The van der Waals surface area contributed by atoms with Crippen molar-refractivity contribution in [2.24, 2.45) is 5.92 Å². The highest BCUT2D eigenvalue weighted by molar-refractivity contribution is 5.97. The minimum atomic E-state index is -0.0589. The largest absolute Gasteiger partial charge is 0.439 e. The minimum Gasteiger partial charge on any atom is -0.439 e. The van der Waals surface area contributed by atoms with Crippen molar-refractivity contribution >= 4 is 17.9 Å². The smallest absolute Gasteiger partial charge is 0.254 e. The van der Waals surface area contributed by atoms with Gasteiger partial charge in [0.2, 0.25) is 11.8 Å². The number of hydrogen-bond acceptors (Lipinski definition) is 4. The van der Waals surface area contributed by atoms with Crippen LogP contribution in [0.25, 0.3) is 6.08 Å². The Labute approximate surface area is 176 Å². The van der Waals surface area contributed by atoms with Crippen molar-refractivity contribution in [2.45, 2.75) is 39.2 Å². The molecule has 156 valence electrons. The third kappa shape index (κ3) is 5.06. The topological polar surface area (TPSA) is 71.5 Å². The van der Waals surface area contributed by atoms with Gasteiger partial charge in [0.05, 0.1) is 0 Å². The van der Waals surface area contributed by atoms with Gasteiger partial charge in [-0.05, 0) is 67.5 Å². The molecule has 2 amide bonds. The standard InChI is InChI=1S/C24H27N3O3/c1-16(26-17(2)28)3-4-18-7-10-23(25-14-18)30-21-8-9-22-20(13-21)11-12-27(24(22)29)15-19-5-6-19/h3-4,7-10,13-14,16,19H,5-6,11-12,15H2,1-2H3,(H,26,28)/b4-3+/t16-/m0/s1.